The number of nitrogen functional groups attached to an aromatic ring is 1. The number of fused-ring (bicyclic) bond motifs is 1. The van der Waals surface area contributed by atoms with Gasteiger partial charge in [-0.05, 0) is 49.1 Å². The number of aromatic nitrogens is 5. The van der Waals surface area contributed by atoms with Gasteiger partial charge in [-0.15, -0.1) is 0 Å². The summed E-state index contributed by atoms with van der Waals surface area (Å²) < 4.78 is 1.73. The lowest BCUT2D eigenvalue weighted by molar-refractivity contribution is 0.766. The van der Waals surface area contributed by atoms with E-state index in [9.17, 15) is 4.79 Å². The van der Waals surface area contributed by atoms with Crippen LogP contribution in [0.1, 0.15) is 24.4 Å². The number of nitrogens with zero attached hydrogens (tertiary/aromatic N) is 5. The van der Waals surface area contributed by atoms with Crippen molar-refractivity contribution in [1.29, 1.82) is 0 Å². The first-order valence-electron chi connectivity index (χ1n) is 10.9. The Labute approximate surface area is 196 Å². The average molecular weight is 450 g/mol. The highest BCUT2D eigenvalue weighted by Crippen LogP contribution is 2.29. The van der Waals surface area contributed by atoms with E-state index < -0.39 is 0 Å². The number of benzene rings is 2. The van der Waals surface area contributed by atoms with Crippen molar-refractivity contribution < 1.29 is 0 Å². The predicted octanol–water partition coefficient (Wildman–Crippen LogP) is 4.30. The molecule has 8 heteroatoms. The number of hydrogen-bond donors (Lipinski definition) is 2. The zero-order valence-electron chi connectivity index (χ0n) is 18.8. The fourth-order valence-corrected chi connectivity index (χ4v) is 4.06. The highest BCUT2D eigenvalue weighted by Gasteiger charge is 2.19. The number of nitrogens with two attached hydrogens (primary N) is 1. The molecule has 0 radical (unpaired) electrons. The number of aryl methyl sites for hydroxylation is 1. The third kappa shape index (κ3) is 3.97. The van der Waals surface area contributed by atoms with Gasteiger partial charge in [0, 0.05) is 28.8 Å². The van der Waals surface area contributed by atoms with Crippen LogP contribution in [0.5, 0.6) is 0 Å². The van der Waals surface area contributed by atoms with Crippen LogP contribution in [0.25, 0.3) is 27.6 Å². The fraction of sp³-hybridized carbons (Fsp3) is 0.115. The summed E-state index contributed by atoms with van der Waals surface area (Å²) in [5.41, 5.74) is 9.80. The molecule has 2 aromatic carbocycles. The van der Waals surface area contributed by atoms with Gasteiger partial charge in [0.25, 0.3) is 5.56 Å². The second-order valence-electron chi connectivity index (χ2n) is 8.04. The number of anilines is 2. The summed E-state index contributed by atoms with van der Waals surface area (Å²) >= 11 is 0. The van der Waals surface area contributed by atoms with Crippen molar-refractivity contribution in [2.24, 2.45) is 0 Å². The topological polar surface area (TPSA) is 112 Å². The van der Waals surface area contributed by atoms with E-state index in [0.717, 1.165) is 33.6 Å². The summed E-state index contributed by atoms with van der Waals surface area (Å²) in [6, 6.07) is 21.1. The van der Waals surface area contributed by atoms with Gasteiger partial charge in [0.05, 0.1) is 11.4 Å². The highest BCUT2D eigenvalue weighted by molar-refractivity contribution is 5.96. The Morgan fingerprint density at radius 1 is 0.971 bits per heavy atom. The molecule has 0 aliphatic carbocycles. The number of hydrogen-bond acceptors (Lipinski definition) is 7. The molecule has 0 aliphatic rings. The molecular weight excluding hydrogens is 426 g/mol. The lowest BCUT2D eigenvalue weighted by Gasteiger charge is -2.21. The van der Waals surface area contributed by atoms with Gasteiger partial charge in [0.2, 0.25) is 11.9 Å². The minimum atomic E-state index is -0.302. The van der Waals surface area contributed by atoms with Crippen molar-refractivity contribution in [1.82, 2.24) is 24.5 Å². The Morgan fingerprint density at radius 3 is 2.53 bits per heavy atom. The first-order chi connectivity index (χ1) is 16.5. The normalized spacial score (nSPS) is 11.9. The molecule has 5 aromatic rings. The number of rotatable bonds is 5. The lowest BCUT2D eigenvalue weighted by atomic mass is 9.98. The molecule has 3 N–H and O–H groups in total. The Morgan fingerprint density at radius 2 is 1.79 bits per heavy atom. The van der Waals surface area contributed by atoms with Crippen LogP contribution in [0.3, 0.4) is 0 Å². The van der Waals surface area contributed by atoms with Gasteiger partial charge in [0.1, 0.15) is 6.33 Å². The van der Waals surface area contributed by atoms with Crippen molar-refractivity contribution in [3.63, 3.8) is 0 Å². The maximum Gasteiger partial charge on any atom is 0.263 e. The predicted molar refractivity (Wildman–Crippen MR) is 134 cm³/mol. The molecule has 0 saturated heterocycles. The molecule has 5 rings (SSSR count). The summed E-state index contributed by atoms with van der Waals surface area (Å²) in [5.74, 6) is 0.464. The minimum Gasteiger partial charge on any atom is -0.368 e. The van der Waals surface area contributed by atoms with Crippen LogP contribution in [-0.2, 0) is 0 Å². The third-order valence-corrected chi connectivity index (χ3v) is 5.69. The quantitative estimate of drug-likeness (QED) is 0.411. The van der Waals surface area contributed by atoms with Crippen molar-refractivity contribution in [2.75, 3.05) is 11.1 Å². The van der Waals surface area contributed by atoms with Gasteiger partial charge in [-0.25, -0.2) is 9.97 Å². The molecule has 168 valence electrons. The largest absolute Gasteiger partial charge is 0.368 e. The van der Waals surface area contributed by atoms with E-state index in [1.807, 2.05) is 80.6 Å². The monoisotopic (exact) mass is 449 g/mol. The fourth-order valence-electron chi connectivity index (χ4n) is 4.06. The highest BCUT2D eigenvalue weighted by atomic mass is 16.1. The van der Waals surface area contributed by atoms with Crippen LogP contribution in [0, 0.1) is 6.92 Å². The number of para-hydroxylation sites is 1. The molecule has 0 aliphatic heterocycles. The van der Waals surface area contributed by atoms with E-state index in [2.05, 4.69) is 25.3 Å². The first-order valence-corrected chi connectivity index (χ1v) is 10.9. The van der Waals surface area contributed by atoms with E-state index >= 15 is 0 Å². The summed E-state index contributed by atoms with van der Waals surface area (Å²) in [6.45, 7) is 3.89. The minimum absolute atomic E-state index is 0.112. The molecule has 3 heterocycles. The van der Waals surface area contributed by atoms with Crippen molar-refractivity contribution in [2.45, 2.75) is 19.9 Å². The van der Waals surface area contributed by atoms with Crippen LogP contribution >= 0.6 is 0 Å². The van der Waals surface area contributed by atoms with E-state index in [1.165, 1.54) is 6.33 Å². The summed E-state index contributed by atoms with van der Waals surface area (Å²) in [5, 5.41) is 4.72. The standard InChI is InChI=1S/C26H23N7O/c1-16-11-12-19(14-28-16)21-10-6-7-18-13-22(17(2)31-26-30-15-29-25(27)32-26)33(24(34)23(18)21)20-8-4-3-5-9-20/h3-15,17H,1-2H3,(H3,27,29,30,31,32)/t17-/m0/s1. The van der Waals surface area contributed by atoms with Crippen LogP contribution < -0.4 is 16.6 Å². The molecule has 0 spiro atoms. The molecule has 3 aromatic heterocycles. The first kappa shape index (κ1) is 21.3. The summed E-state index contributed by atoms with van der Waals surface area (Å²) in [7, 11) is 0. The number of nitrogens with one attached hydrogen (secondary N) is 1. The Hall–Kier alpha value is -4.59. The van der Waals surface area contributed by atoms with Gasteiger partial charge in [-0.3, -0.25) is 14.3 Å². The van der Waals surface area contributed by atoms with Gasteiger partial charge < -0.3 is 11.1 Å². The summed E-state index contributed by atoms with van der Waals surface area (Å²) in [6.07, 6.45) is 3.16. The maximum absolute atomic E-state index is 14.1. The van der Waals surface area contributed by atoms with E-state index in [1.54, 1.807) is 10.8 Å². The molecule has 34 heavy (non-hydrogen) atoms. The molecule has 0 bridgehead atoms. The van der Waals surface area contributed by atoms with Crippen LogP contribution in [0.4, 0.5) is 11.9 Å². The Kier molecular flexibility index (Phi) is 5.47. The summed E-state index contributed by atoms with van der Waals surface area (Å²) in [4.78, 5) is 30.6. The van der Waals surface area contributed by atoms with E-state index in [-0.39, 0.29) is 17.5 Å². The molecule has 0 unspecified atom stereocenters. The van der Waals surface area contributed by atoms with Crippen LogP contribution in [0.15, 0.2) is 84.0 Å². The van der Waals surface area contributed by atoms with Crippen molar-refractivity contribution >= 4 is 22.7 Å². The van der Waals surface area contributed by atoms with Gasteiger partial charge in [0.15, 0.2) is 0 Å². The van der Waals surface area contributed by atoms with Crippen LogP contribution in [0.2, 0.25) is 0 Å². The van der Waals surface area contributed by atoms with Gasteiger partial charge in [-0.1, -0.05) is 42.5 Å². The molecular formula is C26H23N7O. The zero-order chi connectivity index (χ0) is 23.7. The van der Waals surface area contributed by atoms with Gasteiger partial charge >= 0.3 is 0 Å². The second kappa shape index (κ2) is 8.74. The van der Waals surface area contributed by atoms with E-state index in [0.29, 0.717) is 11.3 Å². The van der Waals surface area contributed by atoms with Gasteiger partial charge in [-0.2, -0.15) is 4.98 Å². The van der Waals surface area contributed by atoms with E-state index in [4.69, 9.17) is 5.73 Å². The molecule has 1 atom stereocenters. The molecule has 0 amide bonds. The van der Waals surface area contributed by atoms with Crippen molar-refractivity contribution in [3.8, 4) is 16.8 Å². The van der Waals surface area contributed by atoms with Crippen molar-refractivity contribution in [3.05, 3.63) is 101 Å². The maximum atomic E-state index is 14.1. The average Bonchev–Trinajstić information content (AvgIpc) is 2.84. The smallest absolute Gasteiger partial charge is 0.263 e. The lowest BCUT2D eigenvalue weighted by Crippen LogP contribution is -2.26. The Bertz CT molecular complexity index is 1530. The SMILES string of the molecule is Cc1ccc(-c2cccc3cc([C@H](C)Nc4ncnc(N)n4)n(-c4ccccc4)c(=O)c23)cn1. The van der Waals surface area contributed by atoms with Crippen LogP contribution in [-0.4, -0.2) is 24.5 Å². The molecule has 8 nitrogen and oxygen atoms in total. The Balaban J connectivity index is 1.74. The second-order valence-corrected chi connectivity index (χ2v) is 8.04. The number of pyridine rings is 2. The molecule has 0 fully saturated rings. The zero-order valence-corrected chi connectivity index (χ0v) is 18.8. The third-order valence-electron chi connectivity index (χ3n) is 5.69. The molecule has 0 saturated carbocycles.